The van der Waals surface area contributed by atoms with Gasteiger partial charge < -0.3 is 16.4 Å². The fourth-order valence-electron chi connectivity index (χ4n) is 3.85. The van der Waals surface area contributed by atoms with E-state index in [1.54, 1.807) is 30.9 Å². The normalized spacial score (nSPS) is 11.8. The lowest BCUT2D eigenvalue weighted by Crippen LogP contribution is -2.30. The molecule has 0 fully saturated rings. The predicted molar refractivity (Wildman–Crippen MR) is 134 cm³/mol. The summed E-state index contributed by atoms with van der Waals surface area (Å²) in [5, 5.41) is 6.47. The number of hydrogen-bond donors (Lipinski definition) is 3. The fraction of sp³-hybridized carbons (Fsp3) is 0.222. The van der Waals surface area contributed by atoms with Crippen LogP contribution in [-0.4, -0.2) is 38.9 Å². The van der Waals surface area contributed by atoms with Crippen molar-refractivity contribution in [3.63, 3.8) is 0 Å². The molecular formula is C27H29N7O. The first-order valence-electron chi connectivity index (χ1n) is 11.7. The van der Waals surface area contributed by atoms with Gasteiger partial charge >= 0.3 is 0 Å². The minimum absolute atomic E-state index is 0.151. The van der Waals surface area contributed by atoms with Crippen LogP contribution in [0.25, 0.3) is 0 Å². The third-order valence-electron chi connectivity index (χ3n) is 5.61. The molecule has 8 heteroatoms. The molecule has 0 aliphatic carbocycles. The highest BCUT2D eigenvalue weighted by atomic mass is 16.1. The zero-order chi connectivity index (χ0) is 24.3. The molecule has 4 rings (SSSR count). The SMILES string of the molecule is NCCCNC(=O)c1ccc(CNC(c2ccccn2)C(c2ccccn2)c2ccccn2)nc1. The van der Waals surface area contributed by atoms with Gasteiger partial charge in [0.25, 0.3) is 5.91 Å². The molecule has 4 aromatic heterocycles. The molecule has 0 radical (unpaired) electrons. The molecule has 1 unspecified atom stereocenters. The number of hydrogen-bond acceptors (Lipinski definition) is 7. The Bertz CT molecular complexity index is 1130. The predicted octanol–water partition coefficient (Wildman–Crippen LogP) is 3.01. The number of aromatic nitrogens is 4. The lowest BCUT2D eigenvalue weighted by atomic mass is 9.89. The number of amides is 1. The van der Waals surface area contributed by atoms with Crippen LogP contribution < -0.4 is 16.4 Å². The average Bonchev–Trinajstić information content (AvgIpc) is 2.93. The van der Waals surface area contributed by atoms with Gasteiger partial charge in [-0.2, -0.15) is 0 Å². The van der Waals surface area contributed by atoms with Crippen molar-refractivity contribution in [1.82, 2.24) is 30.6 Å². The summed E-state index contributed by atoms with van der Waals surface area (Å²) in [5.74, 6) is -0.318. The van der Waals surface area contributed by atoms with E-state index in [1.807, 2.05) is 60.7 Å². The largest absolute Gasteiger partial charge is 0.352 e. The summed E-state index contributed by atoms with van der Waals surface area (Å²) in [6.07, 6.45) is 7.71. The third-order valence-corrected chi connectivity index (χ3v) is 5.61. The van der Waals surface area contributed by atoms with Gasteiger partial charge in [0, 0.05) is 37.9 Å². The first-order chi connectivity index (χ1) is 17.3. The summed E-state index contributed by atoms with van der Waals surface area (Å²) in [5.41, 5.74) is 9.49. The van der Waals surface area contributed by atoms with Crippen molar-refractivity contribution in [2.75, 3.05) is 13.1 Å². The van der Waals surface area contributed by atoms with Crippen LogP contribution >= 0.6 is 0 Å². The maximum Gasteiger partial charge on any atom is 0.252 e. The fourth-order valence-corrected chi connectivity index (χ4v) is 3.85. The van der Waals surface area contributed by atoms with Crippen LogP contribution in [0.3, 0.4) is 0 Å². The number of rotatable bonds is 11. The molecule has 1 atom stereocenters. The van der Waals surface area contributed by atoms with E-state index in [2.05, 4.69) is 30.6 Å². The summed E-state index contributed by atoms with van der Waals surface area (Å²) in [6, 6.07) is 21.1. The molecule has 0 aromatic carbocycles. The zero-order valence-corrected chi connectivity index (χ0v) is 19.4. The van der Waals surface area contributed by atoms with Gasteiger partial charge in [-0.25, -0.2) is 0 Å². The Kier molecular flexibility index (Phi) is 8.58. The van der Waals surface area contributed by atoms with Gasteiger partial charge in [-0.3, -0.25) is 24.7 Å². The van der Waals surface area contributed by atoms with Gasteiger partial charge in [-0.15, -0.1) is 0 Å². The Labute approximate surface area is 205 Å². The maximum absolute atomic E-state index is 12.3. The molecule has 4 aromatic rings. The van der Waals surface area contributed by atoms with E-state index in [0.717, 1.165) is 29.2 Å². The maximum atomic E-state index is 12.3. The Morgan fingerprint density at radius 2 is 1.43 bits per heavy atom. The molecule has 4 heterocycles. The summed E-state index contributed by atoms with van der Waals surface area (Å²) < 4.78 is 0. The summed E-state index contributed by atoms with van der Waals surface area (Å²) >= 11 is 0. The molecule has 8 nitrogen and oxygen atoms in total. The molecule has 0 saturated carbocycles. The summed E-state index contributed by atoms with van der Waals surface area (Å²) in [4.78, 5) is 30.7. The molecule has 0 aliphatic heterocycles. The van der Waals surface area contributed by atoms with Crippen LogP contribution in [0.2, 0.25) is 0 Å². The molecule has 35 heavy (non-hydrogen) atoms. The number of nitrogens with two attached hydrogens (primary N) is 1. The van der Waals surface area contributed by atoms with Gasteiger partial charge in [0.05, 0.1) is 40.3 Å². The van der Waals surface area contributed by atoms with E-state index in [9.17, 15) is 4.79 Å². The van der Waals surface area contributed by atoms with Crippen molar-refractivity contribution >= 4 is 5.91 Å². The quantitative estimate of drug-likeness (QED) is 0.290. The first kappa shape index (κ1) is 24.1. The van der Waals surface area contributed by atoms with Crippen LogP contribution in [0, 0.1) is 0 Å². The minimum Gasteiger partial charge on any atom is -0.352 e. The highest BCUT2D eigenvalue weighted by molar-refractivity contribution is 5.93. The Morgan fingerprint density at radius 3 is 1.94 bits per heavy atom. The Morgan fingerprint density at radius 1 is 0.800 bits per heavy atom. The molecule has 4 N–H and O–H groups in total. The lowest BCUT2D eigenvalue weighted by molar-refractivity contribution is 0.0953. The van der Waals surface area contributed by atoms with Crippen LogP contribution in [0.15, 0.2) is 91.5 Å². The minimum atomic E-state index is -0.206. The first-order valence-corrected chi connectivity index (χ1v) is 11.7. The van der Waals surface area contributed by atoms with Crippen LogP contribution in [0.4, 0.5) is 0 Å². The van der Waals surface area contributed by atoms with Gasteiger partial charge in [-0.05, 0) is 61.5 Å². The molecule has 0 saturated heterocycles. The Hall–Kier alpha value is -4.01. The van der Waals surface area contributed by atoms with E-state index in [-0.39, 0.29) is 17.9 Å². The second-order valence-corrected chi connectivity index (χ2v) is 8.04. The zero-order valence-electron chi connectivity index (χ0n) is 19.4. The van der Waals surface area contributed by atoms with E-state index >= 15 is 0 Å². The van der Waals surface area contributed by atoms with E-state index < -0.39 is 0 Å². The Balaban J connectivity index is 1.57. The molecule has 0 aliphatic rings. The second-order valence-electron chi connectivity index (χ2n) is 8.04. The van der Waals surface area contributed by atoms with Crippen molar-refractivity contribution in [3.05, 3.63) is 120 Å². The number of nitrogens with one attached hydrogen (secondary N) is 2. The third kappa shape index (κ3) is 6.53. The smallest absolute Gasteiger partial charge is 0.252 e. The molecule has 0 bridgehead atoms. The number of pyridine rings is 4. The lowest BCUT2D eigenvalue weighted by Gasteiger charge is -2.27. The van der Waals surface area contributed by atoms with Crippen molar-refractivity contribution in [3.8, 4) is 0 Å². The summed E-state index contributed by atoms with van der Waals surface area (Å²) in [7, 11) is 0. The highest BCUT2D eigenvalue weighted by Gasteiger charge is 2.29. The summed E-state index contributed by atoms with van der Waals surface area (Å²) in [6.45, 7) is 1.57. The molecule has 178 valence electrons. The van der Waals surface area contributed by atoms with E-state index in [1.165, 1.54) is 0 Å². The van der Waals surface area contributed by atoms with Crippen molar-refractivity contribution in [2.45, 2.75) is 24.9 Å². The van der Waals surface area contributed by atoms with E-state index in [0.29, 0.717) is 25.2 Å². The monoisotopic (exact) mass is 467 g/mol. The second kappa shape index (κ2) is 12.5. The van der Waals surface area contributed by atoms with Crippen molar-refractivity contribution < 1.29 is 4.79 Å². The average molecular weight is 468 g/mol. The van der Waals surface area contributed by atoms with Gasteiger partial charge in [0.15, 0.2) is 0 Å². The number of carbonyl (C=O) groups excluding carboxylic acids is 1. The van der Waals surface area contributed by atoms with Gasteiger partial charge in [-0.1, -0.05) is 18.2 Å². The molecule has 0 spiro atoms. The van der Waals surface area contributed by atoms with E-state index in [4.69, 9.17) is 5.73 Å². The number of nitrogens with zero attached hydrogens (tertiary/aromatic N) is 4. The van der Waals surface area contributed by atoms with Crippen molar-refractivity contribution in [2.24, 2.45) is 5.73 Å². The van der Waals surface area contributed by atoms with Crippen LogP contribution in [0.5, 0.6) is 0 Å². The van der Waals surface area contributed by atoms with Gasteiger partial charge in [0.2, 0.25) is 0 Å². The van der Waals surface area contributed by atoms with Crippen LogP contribution in [-0.2, 0) is 6.54 Å². The van der Waals surface area contributed by atoms with Gasteiger partial charge in [0.1, 0.15) is 0 Å². The molecule has 1 amide bonds. The van der Waals surface area contributed by atoms with Crippen LogP contribution in [0.1, 0.15) is 51.5 Å². The standard InChI is InChI=1S/C27H29N7O/c28-13-7-17-32-27(35)20-11-12-21(33-18-20)19-34-26(24-10-3-6-16-31-24)25(22-8-1-4-14-29-22)23-9-2-5-15-30-23/h1-6,8-12,14-16,18,25-26,34H,7,13,17,19,28H2,(H,32,35). The highest BCUT2D eigenvalue weighted by Crippen LogP contribution is 2.34. The van der Waals surface area contributed by atoms with Crippen molar-refractivity contribution in [1.29, 1.82) is 0 Å². The topological polar surface area (TPSA) is 119 Å². The number of carbonyl (C=O) groups is 1. The molecular weight excluding hydrogens is 438 g/mol.